The van der Waals surface area contributed by atoms with E-state index < -0.39 is 0 Å². The Kier molecular flexibility index (Phi) is 3.33. The summed E-state index contributed by atoms with van der Waals surface area (Å²) in [5.41, 5.74) is 0.829. The molecule has 1 aliphatic heterocycles. The molecule has 0 saturated carbocycles. The Balaban J connectivity index is 2.05. The molecule has 2 unspecified atom stereocenters. The molecule has 0 aliphatic carbocycles. The molecule has 0 bridgehead atoms. The van der Waals surface area contributed by atoms with Gasteiger partial charge in [0.2, 0.25) is 5.91 Å². The summed E-state index contributed by atoms with van der Waals surface area (Å²) in [6.45, 7) is 2.75. The van der Waals surface area contributed by atoms with Crippen molar-refractivity contribution in [2.24, 2.45) is 0 Å². The normalized spacial score (nSPS) is 21.9. The molecule has 2 rings (SSSR count). The third-order valence-corrected chi connectivity index (χ3v) is 3.28. The van der Waals surface area contributed by atoms with Crippen molar-refractivity contribution in [1.82, 2.24) is 10.2 Å². The number of amides is 1. The fourth-order valence-corrected chi connectivity index (χ4v) is 2.22. The molecule has 4 heteroatoms. The van der Waals surface area contributed by atoms with Gasteiger partial charge in [-0.2, -0.15) is 0 Å². The molecule has 2 N–H and O–H groups in total. The molecule has 1 aromatic carbocycles. The maximum Gasteiger partial charge on any atom is 0.239 e. The zero-order valence-electron chi connectivity index (χ0n) is 10.2. The molecule has 4 nitrogen and oxygen atoms in total. The molecule has 0 radical (unpaired) electrons. The van der Waals surface area contributed by atoms with Gasteiger partial charge in [0.15, 0.2) is 0 Å². The molecule has 92 valence electrons. The summed E-state index contributed by atoms with van der Waals surface area (Å²) in [6.07, 6.45) is 0.827. The largest absolute Gasteiger partial charge is 0.508 e. The van der Waals surface area contributed by atoms with Crippen LogP contribution in [0.15, 0.2) is 24.3 Å². The minimum atomic E-state index is -0.130. The highest BCUT2D eigenvalue weighted by Crippen LogP contribution is 2.24. The van der Waals surface area contributed by atoms with E-state index in [1.807, 2.05) is 26.1 Å². The van der Waals surface area contributed by atoms with Crippen molar-refractivity contribution in [1.29, 1.82) is 0 Å². The van der Waals surface area contributed by atoms with Gasteiger partial charge in [0.05, 0.1) is 6.04 Å². The molecule has 1 fully saturated rings. The molecular formula is C13H18N2O2. The van der Waals surface area contributed by atoms with Gasteiger partial charge in [-0.1, -0.05) is 18.2 Å². The van der Waals surface area contributed by atoms with Crippen molar-refractivity contribution in [2.45, 2.75) is 25.4 Å². The van der Waals surface area contributed by atoms with Crippen molar-refractivity contribution in [3.63, 3.8) is 0 Å². The van der Waals surface area contributed by atoms with Crippen molar-refractivity contribution >= 4 is 5.91 Å². The average molecular weight is 234 g/mol. The number of likely N-dealkylation sites (tertiary alicyclic amines) is 1. The first kappa shape index (κ1) is 11.9. The van der Waals surface area contributed by atoms with Crippen LogP contribution in [0.2, 0.25) is 0 Å². The molecule has 1 heterocycles. The fraction of sp³-hybridized carbons (Fsp3) is 0.462. The minimum absolute atomic E-state index is 0.0309. The number of hydrogen-bond donors (Lipinski definition) is 2. The third kappa shape index (κ3) is 2.42. The van der Waals surface area contributed by atoms with Crippen LogP contribution in [-0.4, -0.2) is 35.5 Å². The van der Waals surface area contributed by atoms with E-state index in [-0.39, 0.29) is 23.7 Å². The minimum Gasteiger partial charge on any atom is -0.508 e. The van der Waals surface area contributed by atoms with Crippen LogP contribution in [0.1, 0.15) is 24.9 Å². The van der Waals surface area contributed by atoms with Crippen molar-refractivity contribution < 1.29 is 9.90 Å². The van der Waals surface area contributed by atoms with Crippen LogP contribution in [0.5, 0.6) is 5.75 Å². The van der Waals surface area contributed by atoms with Gasteiger partial charge in [0, 0.05) is 25.2 Å². The molecule has 1 aromatic rings. The summed E-state index contributed by atoms with van der Waals surface area (Å²) in [4.78, 5) is 13.5. The first-order valence-corrected chi connectivity index (χ1v) is 5.88. The molecular weight excluding hydrogens is 216 g/mol. The summed E-state index contributed by atoms with van der Waals surface area (Å²) in [5, 5.41) is 13.0. The Morgan fingerprint density at radius 1 is 1.47 bits per heavy atom. The quantitative estimate of drug-likeness (QED) is 0.828. The van der Waals surface area contributed by atoms with Gasteiger partial charge in [-0.05, 0) is 19.4 Å². The predicted molar refractivity (Wildman–Crippen MR) is 65.7 cm³/mol. The molecule has 1 aliphatic rings. The van der Waals surface area contributed by atoms with E-state index in [4.69, 9.17) is 0 Å². The zero-order chi connectivity index (χ0) is 12.4. The van der Waals surface area contributed by atoms with Gasteiger partial charge >= 0.3 is 0 Å². The first-order valence-electron chi connectivity index (χ1n) is 5.88. The van der Waals surface area contributed by atoms with E-state index in [1.165, 1.54) is 0 Å². The van der Waals surface area contributed by atoms with Crippen LogP contribution in [0, 0.1) is 0 Å². The maximum absolute atomic E-state index is 11.8. The van der Waals surface area contributed by atoms with Crippen LogP contribution < -0.4 is 5.32 Å². The topological polar surface area (TPSA) is 52.6 Å². The summed E-state index contributed by atoms with van der Waals surface area (Å²) >= 11 is 0. The van der Waals surface area contributed by atoms with Crippen LogP contribution in [0.25, 0.3) is 0 Å². The summed E-state index contributed by atoms with van der Waals surface area (Å²) < 4.78 is 0. The van der Waals surface area contributed by atoms with Gasteiger partial charge in [0.1, 0.15) is 5.75 Å². The third-order valence-electron chi connectivity index (χ3n) is 3.28. The number of carbonyl (C=O) groups excluding carboxylic acids is 1. The smallest absolute Gasteiger partial charge is 0.239 e. The van der Waals surface area contributed by atoms with E-state index in [0.717, 1.165) is 18.5 Å². The van der Waals surface area contributed by atoms with E-state index in [1.54, 1.807) is 17.0 Å². The molecule has 17 heavy (non-hydrogen) atoms. The molecule has 0 aromatic heterocycles. The average Bonchev–Trinajstić information content (AvgIpc) is 2.61. The number of aromatic hydroxyl groups is 1. The number of rotatable bonds is 3. The maximum atomic E-state index is 11.8. The number of nitrogens with one attached hydrogen (secondary N) is 1. The lowest BCUT2D eigenvalue weighted by Gasteiger charge is -2.19. The Labute approximate surface area is 101 Å². The number of phenolic OH excluding ortho intramolecular Hbond substituents is 1. The standard InChI is InChI=1S/C13H18N2O2/c1-9(10-5-3-4-6-12(10)16)14-11-7-8-15(2)13(11)17/h3-6,9,11,14,16H,7-8H2,1-2H3. The highest BCUT2D eigenvalue weighted by atomic mass is 16.3. The monoisotopic (exact) mass is 234 g/mol. The number of hydrogen-bond acceptors (Lipinski definition) is 3. The summed E-state index contributed by atoms with van der Waals surface area (Å²) in [7, 11) is 1.81. The number of likely N-dealkylation sites (N-methyl/N-ethyl adjacent to an activating group) is 1. The predicted octanol–water partition coefficient (Wildman–Crippen LogP) is 1.27. The van der Waals surface area contributed by atoms with Gasteiger partial charge in [0.25, 0.3) is 0 Å². The van der Waals surface area contributed by atoms with Crippen molar-refractivity contribution in [3.8, 4) is 5.75 Å². The lowest BCUT2D eigenvalue weighted by molar-refractivity contribution is -0.128. The van der Waals surface area contributed by atoms with E-state index >= 15 is 0 Å². The van der Waals surface area contributed by atoms with Crippen molar-refractivity contribution in [2.75, 3.05) is 13.6 Å². The summed E-state index contributed by atoms with van der Waals surface area (Å²) in [6, 6.07) is 7.05. The lowest BCUT2D eigenvalue weighted by Crippen LogP contribution is -2.38. The van der Waals surface area contributed by atoms with E-state index in [2.05, 4.69) is 5.32 Å². The van der Waals surface area contributed by atoms with Gasteiger partial charge in [-0.15, -0.1) is 0 Å². The number of benzene rings is 1. The second kappa shape index (κ2) is 4.75. The number of carbonyl (C=O) groups is 1. The second-order valence-electron chi connectivity index (χ2n) is 4.55. The molecule has 1 amide bonds. The van der Waals surface area contributed by atoms with Gasteiger partial charge in [-0.3, -0.25) is 10.1 Å². The number of phenols is 1. The summed E-state index contributed by atoms with van der Waals surface area (Å²) in [5.74, 6) is 0.401. The van der Waals surface area contributed by atoms with Crippen LogP contribution in [0.4, 0.5) is 0 Å². The Morgan fingerprint density at radius 2 is 2.18 bits per heavy atom. The zero-order valence-corrected chi connectivity index (χ0v) is 10.2. The lowest BCUT2D eigenvalue weighted by atomic mass is 10.1. The molecule has 0 spiro atoms. The number of nitrogens with zero attached hydrogens (tertiary/aromatic N) is 1. The Bertz CT molecular complexity index is 420. The van der Waals surface area contributed by atoms with E-state index in [0.29, 0.717) is 0 Å². The Morgan fingerprint density at radius 3 is 2.76 bits per heavy atom. The number of para-hydroxylation sites is 1. The SMILES string of the molecule is CC(NC1CCN(C)C1=O)c1ccccc1O. The van der Waals surface area contributed by atoms with Crippen LogP contribution in [0.3, 0.4) is 0 Å². The van der Waals surface area contributed by atoms with E-state index in [9.17, 15) is 9.90 Å². The highest BCUT2D eigenvalue weighted by Gasteiger charge is 2.30. The first-order chi connectivity index (χ1) is 8.09. The molecule has 2 atom stereocenters. The molecule has 1 saturated heterocycles. The van der Waals surface area contributed by atoms with Crippen LogP contribution in [-0.2, 0) is 4.79 Å². The Hall–Kier alpha value is -1.55. The van der Waals surface area contributed by atoms with Gasteiger partial charge < -0.3 is 10.0 Å². The second-order valence-corrected chi connectivity index (χ2v) is 4.55. The highest BCUT2D eigenvalue weighted by molar-refractivity contribution is 5.83. The van der Waals surface area contributed by atoms with Crippen LogP contribution >= 0.6 is 0 Å². The fourth-order valence-electron chi connectivity index (χ4n) is 2.22. The van der Waals surface area contributed by atoms with Gasteiger partial charge in [-0.25, -0.2) is 0 Å². The van der Waals surface area contributed by atoms with Crippen molar-refractivity contribution in [3.05, 3.63) is 29.8 Å².